The maximum absolute atomic E-state index is 9.15. The van der Waals surface area contributed by atoms with Gasteiger partial charge in [-0.1, -0.05) is 12.1 Å². The number of piperidine rings is 1. The molecule has 1 fully saturated rings. The van der Waals surface area contributed by atoms with Gasteiger partial charge in [-0.3, -0.25) is 4.90 Å². The van der Waals surface area contributed by atoms with Crippen molar-refractivity contribution in [1.29, 1.82) is 0 Å². The largest absolute Gasteiger partial charge is 0.492 e. The molecule has 0 amide bonds. The molecular formula is C15H25BN2O3. The zero-order chi connectivity index (χ0) is 15.2. The minimum atomic E-state index is -1.45. The number of likely N-dealkylation sites (tertiary alicyclic amines) is 1. The van der Waals surface area contributed by atoms with Gasteiger partial charge >= 0.3 is 7.12 Å². The van der Waals surface area contributed by atoms with Gasteiger partial charge < -0.3 is 19.7 Å². The van der Waals surface area contributed by atoms with Crippen LogP contribution in [0.1, 0.15) is 12.8 Å². The van der Waals surface area contributed by atoms with Crippen LogP contribution in [-0.4, -0.2) is 73.3 Å². The molecule has 0 aliphatic carbocycles. The maximum atomic E-state index is 9.15. The number of ether oxygens (including phenoxy) is 1. The van der Waals surface area contributed by atoms with Crippen molar-refractivity contribution in [1.82, 2.24) is 9.80 Å². The van der Waals surface area contributed by atoms with E-state index >= 15 is 0 Å². The summed E-state index contributed by atoms with van der Waals surface area (Å²) in [5, 5.41) is 18.3. The van der Waals surface area contributed by atoms with E-state index in [1.54, 1.807) is 18.2 Å². The van der Waals surface area contributed by atoms with Gasteiger partial charge in [-0.05, 0) is 51.1 Å². The minimum Gasteiger partial charge on any atom is -0.492 e. The standard InChI is InChI=1S/C15H25BN2O3/c1-17(2)14-6-4-8-18(12-14)9-10-21-15-7-3-5-13(11-15)16(19)20/h3,5,7,11,14,19-20H,4,6,8-10,12H2,1-2H3. The molecule has 2 rings (SSSR count). The van der Waals surface area contributed by atoms with E-state index in [0.717, 1.165) is 19.6 Å². The number of nitrogens with zero attached hydrogens (tertiary/aromatic N) is 2. The summed E-state index contributed by atoms with van der Waals surface area (Å²) in [5.41, 5.74) is 0.457. The number of likely N-dealkylation sites (N-methyl/N-ethyl adjacent to an activating group) is 1. The van der Waals surface area contributed by atoms with Gasteiger partial charge in [-0.15, -0.1) is 0 Å². The van der Waals surface area contributed by atoms with Gasteiger partial charge in [0, 0.05) is 19.1 Å². The Morgan fingerprint density at radius 2 is 2.19 bits per heavy atom. The van der Waals surface area contributed by atoms with E-state index < -0.39 is 7.12 Å². The van der Waals surface area contributed by atoms with Gasteiger partial charge in [0.05, 0.1) is 0 Å². The molecule has 1 aromatic rings. The molecule has 0 radical (unpaired) electrons. The van der Waals surface area contributed by atoms with E-state index in [1.165, 1.54) is 12.8 Å². The number of hydrogen-bond donors (Lipinski definition) is 2. The van der Waals surface area contributed by atoms with Crippen molar-refractivity contribution in [3.8, 4) is 5.75 Å². The second-order valence-corrected chi connectivity index (χ2v) is 5.85. The molecule has 1 aromatic carbocycles. The number of rotatable bonds is 6. The zero-order valence-electron chi connectivity index (χ0n) is 12.9. The van der Waals surface area contributed by atoms with E-state index in [2.05, 4.69) is 23.9 Å². The first-order valence-electron chi connectivity index (χ1n) is 7.54. The third-order valence-electron chi connectivity index (χ3n) is 4.04. The highest BCUT2D eigenvalue weighted by molar-refractivity contribution is 6.58. The van der Waals surface area contributed by atoms with Crippen LogP contribution in [0, 0.1) is 0 Å². The Morgan fingerprint density at radius 3 is 2.90 bits per heavy atom. The second kappa shape index (κ2) is 7.80. The Morgan fingerprint density at radius 1 is 1.38 bits per heavy atom. The van der Waals surface area contributed by atoms with Crippen LogP contribution in [0.2, 0.25) is 0 Å². The lowest BCUT2D eigenvalue weighted by Gasteiger charge is -2.36. The fourth-order valence-corrected chi connectivity index (χ4v) is 2.71. The lowest BCUT2D eigenvalue weighted by molar-refractivity contribution is 0.117. The summed E-state index contributed by atoms with van der Waals surface area (Å²) in [5.74, 6) is 0.682. The maximum Gasteiger partial charge on any atom is 0.488 e. The summed E-state index contributed by atoms with van der Waals surface area (Å²) in [6, 6.07) is 7.58. The Labute approximate surface area is 127 Å². The van der Waals surface area contributed by atoms with Crippen LogP contribution in [-0.2, 0) is 0 Å². The molecule has 1 saturated heterocycles. The normalized spacial score (nSPS) is 19.8. The van der Waals surface area contributed by atoms with Crippen LogP contribution in [0.15, 0.2) is 24.3 Å². The predicted octanol–water partition coefficient (Wildman–Crippen LogP) is -0.229. The van der Waals surface area contributed by atoms with Crippen molar-refractivity contribution in [2.75, 3.05) is 40.3 Å². The van der Waals surface area contributed by atoms with Crippen molar-refractivity contribution in [3.63, 3.8) is 0 Å². The fraction of sp³-hybridized carbons (Fsp3) is 0.600. The summed E-state index contributed by atoms with van der Waals surface area (Å²) >= 11 is 0. The summed E-state index contributed by atoms with van der Waals surface area (Å²) in [6.45, 7) is 3.73. The average Bonchev–Trinajstić information content (AvgIpc) is 2.48. The first-order valence-corrected chi connectivity index (χ1v) is 7.54. The zero-order valence-corrected chi connectivity index (χ0v) is 12.9. The van der Waals surface area contributed by atoms with Gasteiger partial charge in [0.15, 0.2) is 0 Å². The molecule has 1 atom stereocenters. The predicted molar refractivity (Wildman–Crippen MR) is 84.9 cm³/mol. The first kappa shape index (κ1) is 16.3. The van der Waals surface area contributed by atoms with E-state index in [-0.39, 0.29) is 0 Å². The monoisotopic (exact) mass is 292 g/mol. The van der Waals surface area contributed by atoms with E-state index in [4.69, 9.17) is 14.8 Å². The van der Waals surface area contributed by atoms with Crippen LogP contribution >= 0.6 is 0 Å². The van der Waals surface area contributed by atoms with Gasteiger partial charge in [0.2, 0.25) is 0 Å². The van der Waals surface area contributed by atoms with Crippen molar-refractivity contribution in [2.45, 2.75) is 18.9 Å². The van der Waals surface area contributed by atoms with E-state index in [0.29, 0.717) is 23.9 Å². The topological polar surface area (TPSA) is 56.2 Å². The number of hydrogen-bond acceptors (Lipinski definition) is 5. The molecule has 0 bridgehead atoms. The van der Waals surface area contributed by atoms with Crippen LogP contribution in [0.3, 0.4) is 0 Å². The van der Waals surface area contributed by atoms with Crippen LogP contribution in [0.25, 0.3) is 0 Å². The third-order valence-corrected chi connectivity index (χ3v) is 4.04. The Hall–Kier alpha value is -1.08. The SMILES string of the molecule is CN(C)C1CCCN(CCOc2cccc(B(O)O)c2)C1. The molecule has 1 aliphatic heterocycles. The molecule has 5 nitrogen and oxygen atoms in total. The van der Waals surface area contributed by atoms with Gasteiger partial charge in [0.1, 0.15) is 12.4 Å². The minimum absolute atomic E-state index is 0.457. The van der Waals surface area contributed by atoms with Crippen LogP contribution in [0.4, 0.5) is 0 Å². The molecule has 0 saturated carbocycles. The van der Waals surface area contributed by atoms with Crippen molar-refractivity contribution < 1.29 is 14.8 Å². The van der Waals surface area contributed by atoms with Gasteiger partial charge in [-0.2, -0.15) is 0 Å². The highest BCUT2D eigenvalue weighted by atomic mass is 16.5. The first-order chi connectivity index (χ1) is 10.1. The summed E-state index contributed by atoms with van der Waals surface area (Å²) in [4.78, 5) is 4.72. The number of benzene rings is 1. The Balaban J connectivity index is 1.77. The van der Waals surface area contributed by atoms with Gasteiger partial charge in [-0.25, -0.2) is 0 Å². The quantitative estimate of drug-likeness (QED) is 0.710. The third kappa shape index (κ3) is 5.00. The van der Waals surface area contributed by atoms with E-state index in [1.807, 2.05) is 6.07 Å². The lowest BCUT2D eigenvalue weighted by Crippen LogP contribution is -2.46. The van der Waals surface area contributed by atoms with Gasteiger partial charge in [0.25, 0.3) is 0 Å². The van der Waals surface area contributed by atoms with E-state index in [9.17, 15) is 0 Å². The molecule has 6 heteroatoms. The highest BCUT2D eigenvalue weighted by Crippen LogP contribution is 2.14. The summed E-state index contributed by atoms with van der Waals surface area (Å²) in [7, 11) is 2.82. The van der Waals surface area contributed by atoms with Crippen LogP contribution < -0.4 is 10.2 Å². The molecule has 1 unspecified atom stereocenters. The van der Waals surface area contributed by atoms with Crippen LogP contribution in [0.5, 0.6) is 5.75 Å². The average molecular weight is 292 g/mol. The highest BCUT2D eigenvalue weighted by Gasteiger charge is 2.21. The Kier molecular flexibility index (Phi) is 6.05. The fourth-order valence-electron chi connectivity index (χ4n) is 2.71. The lowest BCUT2D eigenvalue weighted by atomic mass is 9.80. The molecule has 116 valence electrons. The summed E-state index contributed by atoms with van der Waals surface area (Å²) < 4.78 is 5.72. The molecule has 21 heavy (non-hydrogen) atoms. The molecule has 0 spiro atoms. The molecule has 2 N–H and O–H groups in total. The van der Waals surface area contributed by atoms with Crippen molar-refractivity contribution >= 4 is 12.6 Å². The molecule has 0 aromatic heterocycles. The molecule has 1 heterocycles. The van der Waals surface area contributed by atoms with Crippen molar-refractivity contribution in [3.05, 3.63) is 24.3 Å². The smallest absolute Gasteiger partial charge is 0.488 e. The summed E-state index contributed by atoms with van der Waals surface area (Å²) in [6.07, 6.45) is 2.50. The molecule has 1 aliphatic rings. The molecular weight excluding hydrogens is 267 g/mol. The second-order valence-electron chi connectivity index (χ2n) is 5.85. The Bertz CT molecular complexity index is 443. The van der Waals surface area contributed by atoms with Crippen molar-refractivity contribution in [2.24, 2.45) is 0 Å².